The van der Waals surface area contributed by atoms with Crippen molar-refractivity contribution < 1.29 is 32.7 Å². The van der Waals surface area contributed by atoms with Gasteiger partial charge in [0, 0.05) is 58.2 Å². The summed E-state index contributed by atoms with van der Waals surface area (Å²) in [6.45, 7) is 0.120. The average molecular weight is 512 g/mol. The molecule has 2 fully saturated rings. The summed E-state index contributed by atoms with van der Waals surface area (Å²) < 4.78 is 42.7. The fourth-order valence-corrected chi connectivity index (χ4v) is 4.63. The molecule has 2 saturated heterocycles. The minimum atomic E-state index is -4.51. The molecule has 3 heterocycles. The number of carbonyl (C=O) groups excluding carboxylic acids is 3. The van der Waals surface area contributed by atoms with Crippen molar-refractivity contribution in [2.45, 2.75) is 25.1 Å². The number of rotatable bonds is 7. The number of benzene rings is 1. The second kappa shape index (κ2) is 10.4. The number of aromatic nitrogens is 2. The van der Waals surface area contributed by atoms with E-state index in [-0.39, 0.29) is 38.6 Å². The van der Waals surface area contributed by atoms with Crippen molar-refractivity contribution in [2.75, 3.05) is 56.1 Å². The SMILES string of the molecule is Cn1nc(N2CCC(=O)NC2=O)c2cccc(NC(=O)CN3CCN(CCCO)C[C@@H]3C(F)(F)F)c21. The Balaban J connectivity index is 1.51. The molecule has 1 aromatic carbocycles. The molecule has 0 aliphatic carbocycles. The van der Waals surface area contributed by atoms with E-state index in [4.69, 9.17) is 5.11 Å². The average Bonchev–Trinajstić information content (AvgIpc) is 3.14. The van der Waals surface area contributed by atoms with Crippen LogP contribution in [0.2, 0.25) is 0 Å². The van der Waals surface area contributed by atoms with Gasteiger partial charge in [0.2, 0.25) is 11.8 Å². The van der Waals surface area contributed by atoms with E-state index in [0.717, 1.165) is 4.90 Å². The number of piperazine rings is 1. The van der Waals surface area contributed by atoms with Crippen molar-refractivity contribution in [3.05, 3.63) is 18.2 Å². The topological polar surface area (TPSA) is 123 Å². The lowest BCUT2D eigenvalue weighted by atomic mass is 10.1. The normalized spacial score (nSPS) is 20.1. The van der Waals surface area contributed by atoms with E-state index >= 15 is 0 Å². The molecule has 1 atom stereocenters. The molecule has 4 rings (SSSR count). The summed E-state index contributed by atoms with van der Waals surface area (Å²) in [5, 5.41) is 18.8. The molecular formula is C22H28F3N7O4. The summed E-state index contributed by atoms with van der Waals surface area (Å²) in [5.74, 6) is -0.676. The van der Waals surface area contributed by atoms with Gasteiger partial charge in [-0.05, 0) is 18.6 Å². The van der Waals surface area contributed by atoms with E-state index in [9.17, 15) is 27.6 Å². The summed E-state index contributed by atoms with van der Waals surface area (Å²) in [5.41, 5.74) is 0.837. The van der Waals surface area contributed by atoms with Gasteiger partial charge in [-0.2, -0.15) is 18.3 Å². The summed E-state index contributed by atoms with van der Waals surface area (Å²) in [6.07, 6.45) is -4.00. The van der Waals surface area contributed by atoms with E-state index in [1.54, 1.807) is 30.1 Å². The number of fused-ring (bicyclic) bond motifs is 1. The number of nitrogens with zero attached hydrogens (tertiary/aromatic N) is 5. The lowest BCUT2D eigenvalue weighted by molar-refractivity contribution is -0.197. The predicted octanol–water partition coefficient (Wildman–Crippen LogP) is 0.889. The largest absolute Gasteiger partial charge is 0.405 e. The molecular weight excluding hydrogens is 483 g/mol. The van der Waals surface area contributed by atoms with E-state index in [2.05, 4.69) is 15.7 Å². The van der Waals surface area contributed by atoms with E-state index in [1.807, 2.05) is 0 Å². The Morgan fingerprint density at radius 3 is 2.72 bits per heavy atom. The first-order valence-corrected chi connectivity index (χ1v) is 11.6. The highest BCUT2D eigenvalue weighted by atomic mass is 19.4. The molecule has 0 bridgehead atoms. The van der Waals surface area contributed by atoms with Crippen molar-refractivity contribution in [3.8, 4) is 0 Å². The van der Waals surface area contributed by atoms with Crippen LogP contribution in [0.3, 0.4) is 0 Å². The van der Waals surface area contributed by atoms with Gasteiger partial charge in [-0.15, -0.1) is 0 Å². The predicted molar refractivity (Wildman–Crippen MR) is 124 cm³/mol. The van der Waals surface area contributed by atoms with E-state index < -0.39 is 30.7 Å². The molecule has 4 amide bonds. The molecule has 2 aromatic rings. The second-order valence-electron chi connectivity index (χ2n) is 8.86. The zero-order valence-electron chi connectivity index (χ0n) is 19.7. The Kier molecular flexibility index (Phi) is 7.47. The number of imide groups is 1. The number of halogens is 3. The quantitative estimate of drug-likeness (QED) is 0.505. The maximum atomic E-state index is 13.7. The molecule has 11 nitrogen and oxygen atoms in total. The van der Waals surface area contributed by atoms with Crippen molar-refractivity contribution >= 4 is 40.3 Å². The van der Waals surface area contributed by atoms with Gasteiger partial charge in [0.05, 0.1) is 17.7 Å². The fourth-order valence-electron chi connectivity index (χ4n) is 4.63. The maximum absolute atomic E-state index is 13.7. The molecule has 0 spiro atoms. The molecule has 14 heteroatoms. The third-order valence-corrected chi connectivity index (χ3v) is 6.36. The third kappa shape index (κ3) is 5.44. The van der Waals surface area contributed by atoms with Gasteiger partial charge in [0.15, 0.2) is 5.82 Å². The maximum Gasteiger partial charge on any atom is 0.405 e. The smallest absolute Gasteiger partial charge is 0.396 e. The number of aliphatic hydroxyl groups excluding tert-OH is 1. The van der Waals surface area contributed by atoms with Gasteiger partial charge in [-0.3, -0.25) is 29.4 Å². The van der Waals surface area contributed by atoms with Crippen molar-refractivity contribution in [2.24, 2.45) is 7.05 Å². The standard InChI is InChI=1S/C22H28F3N7O4/c1-29-19-14(20(28-29)32-8-6-17(34)27-21(32)36)4-2-5-15(19)26-18(35)13-31-10-9-30(7-3-11-33)12-16(31)22(23,24)25/h2,4-5,16,33H,3,6-13H2,1H3,(H,26,35)(H,27,34,36)/t16-/m1/s1. The number of alkyl halides is 3. The minimum Gasteiger partial charge on any atom is -0.396 e. The fraction of sp³-hybridized carbons (Fsp3) is 0.545. The van der Waals surface area contributed by atoms with Crippen molar-refractivity contribution in [1.82, 2.24) is 24.9 Å². The second-order valence-corrected chi connectivity index (χ2v) is 8.86. The lowest BCUT2D eigenvalue weighted by Gasteiger charge is -2.41. The Bertz CT molecular complexity index is 1150. The van der Waals surface area contributed by atoms with Crippen LogP contribution in [0, 0.1) is 0 Å². The number of urea groups is 1. The first-order chi connectivity index (χ1) is 17.1. The number of carbonyl (C=O) groups is 3. The van der Waals surface area contributed by atoms with Crippen molar-refractivity contribution in [1.29, 1.82) is 0 Å². The molecule has 0 radical (unpaired) electrons. The highest BCUT2D eigenvalue weighted by Gasteiger charge is 2.46. The molecule has 2 aliphatic heterocycles. The minimum absolute atomic E-state index is 0.0614. The number of para-hydroxylation sites is 1. The number of hydrogen-bond acceptors (Lipinski definition) is 7. The number of nitrogens with one attached hydrogen (secondary N) is 2. The highest BCUT2D eigenvalue weighted by molar-refractivity contribution is 6.11. The van der Waals surface area contributed by atoms with Crippen LogP contribution in [-0.4, -0.2) is 101 Å². The Hall–Kier alpha value is -3.23. The Morgan fingerprint density at radius 1 is 1.25 bits per heavy atom. The van der Waals surface area contributed by atoms with Gasteiger partial charge in [0.25, 0.3) is 0 Å². The summed E-state index contributed by atoms with van der Waals surface area (Å²) >= 11 is 0. The number of anilines is 2. The summed E-state index contributed by atoms with van der Waals surface area (Å²) in [6, 6.07) is 2.57. The van der Waals surface area contributed by atoms with Crippen LogP contribution in [-0.2, 0) is 16.6 Å². The van der Waals surface area contributed by atoms with Gasteiger partial charge in [0.1, 0.15) is 6.04 Å². The van der Waals surface area contributed by atoms with Crippen LogP contribution in [0.4, 0.5) is 29.5 Å². The van der Waals surface area contributed by atoms with Crippen LogP contribution in [0.25, 0.3) is 10.9 Å². The molecule has 1 aromatic heterocycles. The van der Waals surface area contributed by atoms with Crippen molar-refractivity contribution in [3.63, 3.8) is 0 Å². The molecule has 0 unspecified atom stereocenters. The number of amides is 4. The van der Waals surface area contributed by atoms with Gasteiger partial charge in [-0.1, -0.05) is 6.07 Å². The van der Waals surface area contributed by atoms with Crippen LogP contribution in [0.15, 0.2) is 18.2 Å². The first kappa shape index (κ1) is 25.9. The molecule has 2 aliphatic rings. The monoisotopic (exact) mass is 511 g/mol. The first-order valence-electron chi connectivity index (χ1n) is 11.6. The van der Waals surface area contributed by atoms with E-state index in [1.165, 1.54) is 9.58 Å². The zero-order chi connectivity index (χ0) is 26.0. The van der Waals surface area contributed by atoms with Crippen LogP contribution >= 0.6 is 0 Å². The van der Waals surface area contributed by atoms with Gasteiger partial charge < -0.3 is 15.3 Å². The summed E-state index contributed by atoms with van der Waals surface area (Å²) in [7, 11) is 1.62. The van der Waals surface area contributed by atoms with Crippen LogP contribution in [0.1, 0.15) is 12.8 Å². The molecule has 36 heavy (non-hydrogen) atoms. The van der Waals surface area contributed by atoms with Gasteiger partial charge >= 0.3 is 12.2 Å². The zero-order valence-corrected chi connectivity index (χ0v) is 19.7. The highest BCUT2D eigenvalue weighted by Crippen LogP contribution is 2.32. The van der Waals surface area contributed by atoms with Gasteiger partial charge in [-0.25, -0.2) is 4.79 Å². The van der Waals surface area contributed by atoms with Crippen LogP contribution < -0.4 is 15.5 Å². The summed E-state index contributed by atoms with van der Waals surface area (Å²) in [4.78, 5) is 40.7. The molecule has 196 valence electrons. The number of hydrogen-bond donors (Lipinski definition) is 3. The van der Waals surface area contributed by atoms with Crippen LogP contribution in [0.5, 0.6) is 0 Å². The number of aryl methyl sites for hydroxylation is 1. The van der Waals surface area contributed by atoms with E-state index in [0.29, 0.717) is 41.9 Å². The Labute approximate surface area is 204 Å². The molecule has 3 N–H and O–H groups in total. The third-order valence-electron chi connectivity index (χ3n) is 6.36. The Morgan fingerprint density at radius 2 is 2.03 bits per heavy atom. The molecule has 0 saturated carbocycles. The number of aliphatic hydroxyl groups is 1. The lowest BCUT2D eigenvalue weighted by Crippen LogP contribution is -2.60.